The molecule has 1 aliphatic carbocycles. The molecule has 1 fully saturated rings. The Kier molecular flexibility index (Phi) is 3.80. The first-order valence-electron chi connectivity index (χ1n) is 10.2. The molecule has 5 aromatic rings. The molecule has 30 heavy (non-hydrogen) atoms. The van der Waals surface area contributed by atoms with Gasteiger partial charge in [-0.15, -0.1) is 0 Å². The number of pyridine rings is 2. The lowest BCUT2D eigenvalue weighted by atomic mass is 9.93. The van der Waals surface area contributed by atoms with Crippen LogP contribution in [0.1, 0.15) is 25.3 Å². The molecule has 148 valence electrons. The second-order valence-corrected chi connectivity index (χ2v) is 7.68. The van der Waals surface area contributed by atoms with Crippen molar-refractivity contribution in [3.63, 3.8) is 0 Å². The number of hydrogen-bond donors (Lipinski definition) is 0. The highest BCUT2D eigenvalue weighted by atomic mass is 16.5. The summed E-state index contributed by atoms with van der Waals surface area (Å²) in [5.41, 5.74) is 5.59. The van der Waals surface area contributed by atoms with Crippen LogP contribution in [0.4, 0.5) is 0 Å². The van der Waals surface area contributed by atoms with E-state index in [0.717, 1.165) is 33.5 Å². The molecule has 0 spiro atoms. The third-order valence-electron chi connectivity index (χ3n) is 5.81. The number of rotatable bonds is 4. The van der Waals surface area contributed by atoms with E-state index in [1.165, 1.54) is 19.3 Å². The van der Waals surface area contributed by atoms with Gasteiger partial charge in [-0.2, -0.15) is 10.1 Å². The van der Waals surface area contributed by atoms with Crippen molar-refractivity contribution in [1.82, 2.24) is 29.3 Å². The topological polar surface area (TPSA) is 70.7 Å². The predicted octanol–water partition coefficient (Wildman–Crippen LogP) is 4.90. The van der Waals surface area contributed by atoms with E-state index >= 15 is 0 Å². The van der Waals surface area contributed by atoms with Crippen LogP contribution in [0.3, 0.4) is 0 Å². The van der Waals surface area contributed by atoms with Crippen molar-refractivity contribution < 1.29 is 4.74 Å². The molecular weight excluding hydrogens is 376 g/mol. The average molecular weight is 396 g/mol. The number of imidazole rings is 1. The maximum Gasteiger partial charge on any atom is 0.303 e. The Morgan fingerprint density at radius 2 is 1.77 bits per heavy atom. The summed E-state index contributed by atoms with van der Waals surface area (Å²) in [6.07, 6.45) is 7.22. The first kappa shape index (κ1) is 17.1. The summed E-state index contributed by atoms with van der Waals surface area (Å²) in [5, 5.41) is 4.93. The highest BCUT2D eigenvalue weighted by molar-refractivity contribution is 5.90. The molecule has 4 heterocycles. The SMILES string of the molecule is Cn1c(Oc2ccc(-c3nn(C4CCC4)c4cccnc34)cc2)nc2cccnc21. The largest absolute Gasteiger partial charge is 0.425 e. The van der Waals surface area contributed by atoms with Crippen molar-refractivity contribution in [1.29, 1.82) is 0 Å². The van der Waals surface area contributed by atoms with Crippen LogP contribution < -0.4 is 4.74 Å². The molecule has 1 aromatic carbocycles. The van der Waals surface area contributed by atoms with E-state index < -0.39 is 0 Å². The van der Waals surface area contributed by atoms with Gasteiger partial charge in [0.15, 0.2) is 5.65 Å². The molecule has 1 aliphatic rings. The Morgan fingerprint density at radius 3 is 2.53 bits per heavy atom. The van der Waals surface area contributed by atoms with E-state index in [4.69, 9.17) is 9.84 Å². The second kappa shape index (κ2) is 6.66. The molecule has 0 radical (unpaired) electrons. The van der Waals surface area contributed by atoms with Gasteiger partial charge < -0.3 is 4.74 Å². The van der Waals surface area contributed by atoms with E-state index in [9.17, 15) is 0 Å². The van der Waals surface area contributed by atoms with Crippen LogP contribution in [0.25, 0.3) is 33.5 Å². The molecule has 0 aliphatic heterocycles. The van der Waals surface area contributed by atoms with Crippen LogP contribution in [0.15, 0.2) is 60.9 Å². The highest BCUT2D eigenvalue weighted by Gasteiger charge is 2.24. The summed E-state index contributed by atoms with van der Waals surface area (Å²) in [6, 6.07) is 16.8. The molecule has 0 saturated heterocycles. The molecule has 0 N–H and O–H groups in total. The minimum atomic E-state index is 0.485. The fourth-order valence-electron chi connectivity index (χ4n) is 3.96. The fourth-order valence-corrected chi connectivity index (χ4v) is 3.96. The van der Waals surface area contributed by atoms with Gasteiger partial charge >= 0.3 is 6.01 Å². The van der Waals surface area contributed by atoms with Crippen molar-refractivity contribution in [2.24, 2.45) is 7.05 Å². The number of hydrogen-bond acceptors (Lipinski definition) is 5. The van der Waals surface area contributed by atoms with Crippen LogP contribution in [0.5, 0.6) is 11.8 Å². The van der Waals surface area contributed by atoms with Gasteiger partial charge in [-0.3, -0.25) is 14.2 Å². The van der Waals surface area contributed by atoms with Crippen LogP contribution >= 0.6 is 0 Å². The van der Waals surface area contributed by atoms with Crippen molar-refractivity contribution in [3.8, 4) is 23.0 Å². The van der Waals surface area contributed by atoms with E-state index in [0.29, 0.717) is 17.8 Å². The average Bonchev–Trinajstić information content (AvgIpc) is 3.27. The van der Waals surface area contributed by atoms with Crippen LogP contribution in [0, 0.1) is 0 Å². The minimum Gasteiger partial charge on any atom is -0.425 e. The van der Waals surface area contributed by atoms with Gasteiger partial charge in [-0.05, 0) is 67.8 Å². The number of ether oxygens (including phenoxy) is 1. The quantitative estimate of drug-likeness (QED) is 0.432. The van der Waals surface area contributed by atoms with Gasteiger partial charge in [0.05, 0.1) is 11.6 Å². The molecule has 0 atom stereocenters. The van der Waals surface area contributed by atoms with Gasteiger partial charge in [0.25, 0.3) is 0 Å². The zero-order valence-corrected chi connectivity index (χ0v) is 16.6. The first-order valence-corrected chi connectivity index (χ1v) is 10.2. The predicted molar refractivity (Wildman–Crippen MR) is 114 cm³/mol. The molecular formula is C23H20N6O. The number of benzene rings is 1. The molecule has 4 aromatic heterocycles. The van der Waals surface area contributed by atoms with Crippen molar-refractivity contribution in [2.45, 2.75) is 25.3 Å². The van der Waals surface area contributed by atoms with Crippen molar-refractivity contribution in [2.75, 3.05) is 0 Å². The van der Waals surface area contributed by atoms with Crippen LogP contribution in [0.2, 0.25) is 0 Å². The lowest BCUT2D eigenvalue weighted by molar-refractivity contribution is 0.298. The fraction of sp³-hybridized carbons (Fsp3) is 0.217. The van der Waals surface area contributed by atoms with Gasteiger partial charge in [-0.1, -0.05) is 0 Å². The van der Waals surface area contributed by atoms with Crippen molar-refractivity contribution >= 4 is 22.2 Å². The van der Waals surface area contributed by atoms with Crippen LogP contribution in [-0.4, -0.2) is 29.3 Å². The van der Waals surface area contributed by atoms with Crippen LogP contribution in [-0.2, 0) is 7.05 Å². The van der Waals surface area contributed by atoms with Crippen molar-refractivity contribution in [3.05, 3.63) is 60.9 Å². The maximum absolute atomic E-state index is 6.01. The Balaban J connectivity index is 1.34. The summed E-state index contributed by atoms with van der Waals surface area (Å²) < 4.78 is 10.0. The highest BCUT2D eigenvalue weighted by Crippen LogP contribution is 2.36. The Morgan fingerprint density at radius 1 is 0.967 bits per heavy atom. The molecule has 1 saturated carbocycles. The van der Waals surface area contributed by atoms with Gasteiger partial charge in [0.1, 0.15) is 22.5 Å². The smallest absolute Gasteiger partial charge is 0.303 e. The number of aryl methyl sites for hydroxylation is 1. The van der Waals surface area contributed by atoms with E-state index in [1.54, 1.807) is 6.20 Å². The second-order valence-electron chi connectivity index (χ2n) is 7.68. The normalized spacial score (nSPS) is 14.3. The third-order valence-corrected chi connectivity index (χ3v) is 5.81. The van der Waals surface area contributed by atoms with E-state index in [2.05, 4.69) is 25.7 Å². The Bertz CT molecular complexity index is 1360. The molecule has 7 heteroatoms. The Hall–Kier alpha value is -3.74. The zero-order valence-electron chi connectivity index (χ0n) is 16.6. The molecule has 6 rings (SSSR count). The van der Waals surface area contributed by atoms with E-state index in [-0.39, 0.29) is 0 Å². The van der Waals surface area contributed by atoms with E-state index in [1.807, 2.05) is 60.3 Å². The molecule has 0 amide bonds. The summed E-state index contributed by atoms with van der Waals surface area (Å²) >= 11 is 0. The lowest BCUT2D eigenvalue weighted by Gasteiger charge is -2.26. The number of fused-ring (bicyclic) bond motifs is 2. The molecule has 0 unspecified atom stereocenters. The summed E-state index contributed by atoms with van der Waals surface area (Å²) in [7, 11) is 1.90. The monoisotopic (exact) mass is 396 g/mol. The Labute approximate surface area is 173 Å². The minimum absolute atomic E-state index is 0.485. The summed E-state index contributed by atoms with van der Waals surface area (Å²) in [6.45, 7) is 0. The number of nitrogens with zero attached hydrogens (tertiary/aromatic N) is 6. The maximum atomic E-state index is 6.01. The molecule has 0 bridgehead atoms. The first-order chi connectivity index (χ1) is 14.8. The molecule has 7 nitrogen and oxygen atoms in total. The number of aromatic nitrogens is 6. The van der Waals surface area contributed by atoms with Gasteiger partial charge in [0, 0.05) is 25.0 Å². The van der Waals surface area contributed by atoms with Gasteiger partial charge in [-0.25, -0.2) is 4.98 Å². The standard InChI is InChI=1S/C23H20N6O/c1-28-22-18(7-3-14-25-22)26-23(28)30-17-11-9-15(10-12-17)20-21-19(8-4-13-24-21)29(27-20)16-5-2-6-16/h3-4,7-14,16H,2,5-6H2,1H3. The lowest BCUT2D eigenvalue weighted by Crippen LogP contribution is -2.17. The third kappa shape index (κ3) is 2.66. The van der Waals surface area contributed by atoms with Gasteiger partial charge in [0.2, 0.25) is 0 Å². The summed E-state index contributed by atoms with van der Waals surface area (Å²) in [5.74, 6) is 0.716. The zero-order chi connectivity index (χ0) is 20.1. The summed E-state index contributed by atoms with van der Waals surface area (Å²) in [4.78, 5) is 13.5.